The van der Waals surface area contributed by atoms with Gasteiger partial charge in [0.15, 0.2) is 37.4 Å². The van der Waals surface area contributed by atoms with Crippen molar-refractivity contribution in [2.45, 2.75) is 174 Å². The number of amides is 5. The first-order valence-electron chi connectivity index (χ1n) is 30.0. The van der Waals surface area contributed by atoms with E-state index in [0.717, 1.165) is 11.3 Å². The Hall–Kier alpha value is -4.82. The summed E-state index contributed by atoms with van der Waals surface area (Å²) in [6.45, 7) is 0.746. The molecule has 4 aliphatic heterocycles. The highest BCUT2D eigenvalue weighted by Crippen LogP contribution is 2.33. The molecule has 1 aromatic rings. The lowest BCUT2D eigenvalue weighted by molar-refractivity contribution is -0.364. The molecule has 532 valence electrons. The molecule has 0 aromatic heterocycles. The number of nitrogens with two attached hydrogens (primary N) is 3. The maximum atomic E-state index is 13.6. The first kappa shape index (κ1) is 78.9. The molecule has 0 spiro atoms. The summed E-state index contributed by atoms with van der Waals surface area (Å²) in [5.74, 6) is -2.11. The summed E-state index contributed by atoms with van der Waals surface area (Å²) >= 11 is 11.9. The Balaban J connectivity index is 1.11. The van der Waals surface area contributed by atoms with Crippen LogP contribution in [0.25, 0.3) is 0 Å². The van der Waals surface area contributed by atoms with Gasteiger partial charge in [0.2, 0.25) is 17.7 Å². The van der Waals surface area contributed by atoms with Crippen LogP contribution in [0.4, 0.5) is 15.3 Å². The van der Waals surface area contributed by atoms with E-state index in [9.17, 15) is 79.8 Å². The molecule has 4 aliphatic rings. The van der Waals surface area contributed by atoms with E-state index < -0.39 is 190 Å². The van der Waals surface area contributed by atoms with Crippen LogP contribution in [0.5, 0.6) is 0 Å². The number of esters is 1. The van der Waals surface area contributed by atoms with E-state index in [1.54, 1.807) is 0 Å². The Morgan fingerprint density at radius 1 is 0.581 bits per heavy atom. The molecule has 0 saturated carbocycles. The molecule has 1 aromatic carbocycles. The highest BCUT2D eigenvalue weighted by molar-refractivity contribution is 6.18. The van der Waals surface area contributed by atoms with Crippen LogP contribution in [0, 0.1) is 0 Å². The molecule has 22 atom stereocenters. The minimum Gasteiger partial charge on any atom is -0.465 e. The third kappa shape index (κ3) is 24.0. The van der Waals surface area contributed by atoms with Gasteiger partial charge < -0.3 is 151 Å². The van der Waals surface area contributed by atoms with Crippen LogP contribution >= 0.6 is 23.2 Å². The van der Waals surface area contributed by atoms with Crippen LogP contribution in [0.3, 0.4) is 0 Å². The standard InChI is InChI=1S/C55H89Cl2N7O29/c1-26-36(69)40(73)46(90-50-42(75)44(92-54(59)79)38(71)32(24-65)88-50)52(86-26)84-20-18-81-16-11-61-35(68)23-31(63-34(67)4-3-15-83-49(78)30(58)22-28-5-7-29(8-6-28)64(13-9-56)14-10-57)48(77)62-12-17-82-19-21-85-53-47(41(74)37(70)27(2)87-53)91-51-43(76)45(93-55(60)80)39(72)33(25-66)89-51/h5-8,26-27,30-33,36-47,50-53,65-66,69-76H,3-4,9-25,58H2,1-2H3,(H2,59,79)(H2,60,80)(H,61,68)(H,62,77)(H,63,67)/t26-,27-,30+,31?,32+,33+,36+,37+,38+,39+,40-,41-,42-,43-,44-,45-,46-,47-,50+,51+,52-,53-/m0/s1. The smallest absolute Gasteiger partial charge is 0.404 e. The second-order valence-electron chi connectivity index (χ2n) is 21.8. The number of ether oxygens (including phenoxy) is 13. The van der Waals surface area contributed by atoms with E-state index in [4.69, 9.17) is 102 Å². The van der Waals surface area contributed by atoms with Crippen molar-refractivity contribution in [2.24, 2.45) is 17.2 Å². The van der Waals surface area contributed by atoms with E-state index in [-0.39, 0.29) is 78.6 Å². The number of hydrogen-bond acceptors (Lipinski definition) is 31. The maximum absolute atomic E-state index is 13.6. The zero-order valence-corrected chi connectivity index (χ0v) is 52.6. The largest absolute Gasteiger partial charge is 0.465 e. The Morgan fingerprint density at radius 2 is 1.05 bits per heavy atom. The molecule has 4 fully saturated rings. The average molecular weight is 1380 g/mol. The second-order valence-corrected chi connectivity index (χ2v) is 22.6. The van der Waals surface area contributed by atoms with Gasteiger partial charge in [0.25, 0.3) is 0 Å². The van der Waals surface area contributed by atoms with Gasteiger partial charge in [-0.15, -0.1) is 23.2 Å². The van der Waals surface area contributed by atoms with Crippen molar-refractivity contribution in [3.8, 4) is 0 Å². The fraction of sp³-hybridized carbons (Fsp3) is 0.782. The summed E-state index contributed by atoms with van der Waals surface area (Å²) in [7, 11) is 0. The normalized spacial score (nSPS) is 31.9. The molecule has 36 nitrogen and oxygen atoms in total. The second kappa shape index (κ2) is 40.0. The Bertz CT molecular complexity index is 2440. The minimum atomic E-state index is -1.92. The van der Waals surface area contributed by atoms with Crippen molar-refractivity contribution in [3.63, 3.8) is 0 Å². The molecule has 5 amide bonds. The molecular formula is C55H89Cl2N7O29. The number of rotatable bonds is 38. The molecule has 38 heteroatoms. The van der Waals surface area contributed by atoms with Gasteiger partial charge in [0.05, 0.1) is 78.1 Å². The van der Waals surface area contributed by atoms with Gasteiger partial charge in [-0.2, -0.15) is 0 Å². The van der Waals surface area contributed by atoms with Crippen molar-refractivity contribution in [1.82, 2.24) is 16.0 Å². The van der Waals surface area contributed by atoms with Gasteiger partial charge in [-0.25, -0.2) is 9.59 Å². The third-order valence-electron chi connectivity index (χ3n) is 15.0. The average Bonchev–Trinajstić information content (AvgIpc) is 0.811. The number of hydrogen-bond donors (Lipinski definition) is 16. The fourth-order valence-corrected chi connectivity index (χ4v) is 10.4. The van der Waals surface area contributed by atoms with E-state index in [0.29, 0.717) is 24.8 Å². The molecule has 4 saturated heterocycles. The van der Waals surface area contributed by atoms with Crippen LogP contribution in [-0.2, 0) is 87.2 Å². The van der Waals surface area contributed by atoms with E-state index >= 15 is 0 Å². The zero-order chi connectivity index (χ0) is 68.5. The summed E-state index contributed by atoms with van der Waals surface area (Å²) in [6.07, 6.45) is -35.3. The summed E-state index contributed by atoms with van der Waals surface area (Å²) in [5, 5.41) is 113. The van der Waals surface area contributed by atoms with E-state index in [2.05, 4.69) is 16.0 Å². The Labute approximate surface area is 544 Å². The van der Waals surface area contributed by atoms with Gasteiger partial charge in [-0.1, -0.05) is 12.1 Å². The number of benzene rings is 1. The number of alkyl halides is 2. The van der Waals surface area contributed by atoms with Crippen molar-refractivity contribution < 1.29 is 141 Å². The molecule has 0 bridgehead atoms. The number of halogens is 2. The lowest BCUT2D eigenvalue weighted by atomic mass is 9.97. The minimum absolute atomic E-state index is 0.00614. The van der Waals surface area contributed by atoms with Crippen molar-refractivity contribution in [1.29, 1.82) is 0 Å². The number of aliphatic hydroxyl groups excluding tert-OH is 10. The fourth-order valence-electron chi connectivity index (χ4n) is 10.0. The first-order valence-corrected chi connectivity index (χ1v) is 31.0. The van der Waals surface area contributed by atoms with E-state index in [1.807, 2.05) is 29.2 Å². The van der Waals surface area contributed by atoms with Gasteiger partial charge in [0, 0.05) is 50.0 Å². The highest BCUT2D eigenvalue weighted by atomic mass is 35.5. The molecular weight excluding hydrogens is 1290 g/mol. The van der Waals surface area contributed by atoms with Crippen molar-refractivity contribution in [3.05, 3.63) is 29.8 Å². The molecule has 1 unspecified atom stereocenters. The predicted octanol–water partition coefficient (Wildman–Crippen LogP) is -7.15. The summed E-state index contributed by atoms with van der Waals surface area (Å²) < 4.78 is 71.4. The zero-order valence-electron chi connectivity index (χ0n) is 51.1. The summed E-state index contributed by atoms with van der Waals surface area (Å²) in [6, 6.07) is 4.89. The summed E-state index contributed by atoms with van der Waals surface area (Å²) in [5.41, 5.74) is 18.0. The summed E-state index contributed by atoms with van der Waals surface area (Å²) in [4.78, 5) is 78.0. The van der Waals surface area contributed by atoms with Crippen LogP contribution in [-0.4, -0.2) is 319 Å². The van der Waals surface area contributed by atoms with E-state index in [1.165, 1.54) is 13.8 Å². The van der Waals surface area contributed by atoms with Crippen LogP contribution in [0.2, 0.25) is 0 Å². The first-order chi connectivity index (χ1) is 44.3. The molecule has 93 heavy (non-hydrogen) atoms. The molecule has 0 aliphatic carbocycles. The number of nitrogens with one attached hydrogen (secondary N) is 3. The predicted molar refractivity (Wildman–Crippen MR) is 315 cm³/mol. The van der Waals surface area contributed by atoms with Crippen molar-refractivity contribution >= 4 is 64.8 Å². The number of primary amides is 2. The number of anilines is 1. The Morgan fingerprint density at radius 3 is 1.51 bits per heavy atom. The lowest BCUT2D eigenvalue weighted by Gasteiger charge is -2.46. The van der Waals surface area contributed by atoms with Crippen LogP contribution in [0.1, 0.15) is 38.7 Å². The van der Waals surface area contributed by atoms with Gasteiger partial charge >= 0.3 is 18.2 Å². The van der Waals surface area contributed by atoms with Crippen LogP contribution < -0.4 is 38.1 Å². The lowest BCUT2D eigenvalue weighted by Crippen LogP contribution is -2.64. The number of carbonyl (C=O) groups is 6. The molecule has 5 rings (SSSR count). The third-order valence-corrected chi connectivity index (χ3v) is 15.4. The molecule has 0 radical (unpaired) electrons. The molecule has 19 N–H and O–H groups in total. The molecule has 4 heterocycles. The Kier molecular flexibility index (Phi) is 33.9. The van der Waals surface area contributed by atoms with Gasteiger partial charge in [-0.05, 0) is 44.4 Å². The van der Waals surface area contributed by atoms with Crippen LogP contribution in [0.15, 0.2) is 24.3 Å². The maximum Gasteiger partial charge on any atom is 0.404 e. The quantitative estimate of drug-likeness (QED) is 0.0127. The topological polar surface area (TPSA) is 542 Å². The van der Waals surface area contributed by atoms with Gasteiger partial charge in [0.1, 0.15) is 85.3 Å². The number of nitrogens with zero attached hydrogens (tertiary/aromatic N) is 1. The number of carbonyl (C=O) groups excluding carboxylic acids is 6. The highest BCUT2D eigenvalue weighted by Gasteiger charge is 2.54. The van der Waals surface area contributed by atoms with Gasteiger partial charge in [-0.3, -0.25) is 19.2 Å². The SMILES string of the molecule is C[C@@H]1O[C@H](OCCOCCNC(=O)CC(NC(=O)CCCOC(=O)[C@H](N)Cc2ccc(N(CCCl)CCCl)cc2)C(=O)NCCOCCO[C@H]2O[C@@H](C)[C@@H](O)[C@H](O)[C@@H]2O[C@H]2O[C@H](CO)[C@@H](O)[C@H](OC(N)=O)[C@@H]2O)[C@@H](O[C@H]2O[C@H](CO)[C@@H](O)[C@H](OC(N)=O)[C@@H]2O)[C@@H](O)[C@@H]1O. The number of aliphatic hydroxyl groups is 10. The van der Waals surface area contributed by atoms with Crippen molar-refractivity contribution in [2.75, 3.05) is 102 Å². The monoisotopic (exact) mass is 1380 g/mol.